The number of hydrogen-bond donors (Lipinski definition) is 1. The number of cyclic esters (lactones) is 1. The fourth-order valence-corrected chi connectivity index (χ4v) is 2.50. The van der Waals surface area contributed by atoms with Crippen LogP contribution in [0.2, 0.25) is 0 Å². The molecule has 0 atom stereocenters. The van der Waals surface area contributed by atoms with E-state index in [2.05, 4.69) is 4.98 Å². The summed E-state index contributed by atoms with van der Waals surface area (Å²) in [7, 11) is 0. The number of aromatic amines is 1. The number of carbonyl (C=O) groups is 1. The average molecular weight is 311 g/mol. The van der Waals surface area contributed by atoms with E-state index < -0.39 is 11.5 Å². The van der Waals surface area contributed by atoms with Gasteiger partial charge in [-0.25, -0.2) is 4.79 Å². The Labute approximate surface area is 133 Å². The Kier molecular flexibility index (Phi) is 3.78. The molecule has 3 rings (SSSR count). The van der Waals surface area contributed by atoms with Gasteiger partial charge in [0.1, 0.15) is 17.1 Å². The molecule has 0 saturated carbocycles. The zero-order chi connectivity index (χ0) is 16.6. The molecule has 2 aromatic rings. The monoisotopic (exact) mass is 311 g/mol. The first kappa shape index (κ1) is 15.1. The van der Waals surface area contributed by atoms with Crippen molar-refractivity contribution in [3.8, 4) is 5.75 Å². The third-order valence-electron chi connectivity index (χ3n) is 3.41. The topological polar surface area (TPSA) is 68.4 Å². The Balaban J connectivity index is 2.11. The molecule has 118 valence electrons. The van der Waals surface area contributed by atoms with Crippen LogP contribution in [-0.4, -0.2) is 17.1 Å². The van der Waals surface area contributed by atoms with Crippen LogP contribution in [-0.2, 0) is 4.74 Å². The zero-order valence-corrected chi connectivity index (χ0v) is 13.2. The Morgan fingerprint density at radius 3 is 2.70 bits per heavy atom. The quantitative estimate of drug-likeness (QED) is 0.884. The maximum absolute atomic E-state index is 11.9. The van der Waals surface area contributed by atoms with E-state index in [9.17, 15) is 9.59 Å². The fourth-order valence-electron chi connectivity index (χ4n) is 2.50. The number of nitrogens with one attached hydrogen (secondary N) is 1. The van der Waals surface area contributed by atoms with E-state index in [1.807, 2.05) is 38.1 Å². The minimum atomic E-state index is -0.630. The van der Waals surface area contributed by atoms with Crippen LogP contribution >= 0.6 is 0 Å². The number of fused-ring (bicyclic) bond motifs is 1. The number of para-hydroxylation sites is 1. The predicted octanol–water partition coefficient (Wildman–Crippen LogP) is 3.14. The molecule has 1 aromatic carbocycles. The van der Waals surface area contributed by atoms with Gasteiger partial charge in [0.15, 0.2) is 0 Å². The van der Waals surface area contributed by atoms with Crippen LogP contribution in [0.3, 0.4) is 0 Å². The van der Waals surface area contributed by atoms with Crippen molar-refractivity contribution >= 4 is 17.8 Å². The van der Waals surface area contributed by atoms with Gasteiger partial charge < -0.3 is 14.5 Å². The number of rotatable bonds is 3. The highest BCUT2D eigenvalue weighted by Crippen LogP contribution is 2.32. The summed E-state index contributed by atoms with van der Waals surface area (Å²) >= 11 is 0. The number of esters is 1. The first-order chi connectivity index (χ1) is 11.0. The lowest BCUT2D eigenvalue weighted by molar-refractivity contribution is 0.0715. The molecule has 0 aliphatic carbocycles. The van der Waals surface area contributed by atoms with Crippen LogP contribution in [0.4, 0.5) is 0 Å². The molecule has 0 radical (unpaired) electrons. The van der Waals surface area contributed by atoms with Crippen LogP contribution in [0.25, 0.3) is 11.8 Å². The fraction of sp³-hybridized carbons (Fsp3) is 0.222. The molecule has 0 amide bonds. The summed E-state index contributed by atoms with van der Waals surface area (Å²) < 4.78 is 11.0. The number of H-pyrrole nitrogens is 1. The van der Waals surface area contributed by atoms with Gasteiger partial charge in [-0.15, -0.1) is 0 Å². The molecule has 5 nitrogen and oxygen atoms in total. The van der Waals surface area contributed by atoms with Gasteiger partial charge in [-0.05, 0) is 39.0 Å². The number of carbonyl (C=O) groups excluding carboxylic acids is 1. The molecule has 0 spiro atoms. The van der Waals surface area contributed by atoms with E-state index in [-0.39, 0.29) is 11.7 Å². The van der Waals surface area contributed by atoms with Crippen molar-refractivity contribution in [1.29, 1.82) is 0 Å². The summed E-state index contributed by atoms with van der Waals surface area (Å²) in [6.45, 7) is 5.65. The zero-order valence-electron chi connectivity index (χ0n) is 13.2. The number of hydrogen-bond acceptors (Lipinski definition) is 4. The summed E-state index contributed by atoms with van der Waals surface area (Å²) in [5.41, 5.74) is 1.58. The second kappa shape index (κ2) is 5.76. The highest BCUT2D eigenvalue weighted by atomic mass is 16.5. The number of aromatic nitrogens is 1. The first-order valence-electron chi connectivity index (χ1n) is 7.39. The van der Waals surface area contributed by atoms with Gasteiger partial charge in [0.25, 0.3) is 5.56 Å². The van der Waals surface area contributed by atoms with Crippen molar-refractivity contribution in [2.24, 2.45) is 0 Å². The molecule has 5 heteroatoms. The molecule has 1 aromatic heterocycles. The van der Waals surface area contributed by atoms with Crippen LogP contribution < -0.4 is 10.3 Å². The van der Waals surface area contributed by atoms with Crippen molar-refractivity contribution in [2.45, 2.75) is 26.9 Å². The molecule has 0 fully saturated rings. The molecule has 0 saturated heterocycles. The summed E-state index contributed by atoms with van der Waals surface area (Å²) in [5.74, 6) is 0.426. The Bertz CT molecular complexity index is 862. The summed E-state index contributed by atoms with van der Waals surface area (Å²) in [6, 6.07) is 9.21. The van der Waals surface area contributed by atoms with E-state index in [1.165, 1.54) is 0 Å². The number of aryl methyl sites for hydroxylation is 1. The van der Waals surface area contributed by atoms with Crippen LogP contribution in [0.1, 0.15) is 41.0 Å². The van der Waals surface area contributed by atoms with Crippen molar-refractivity contribution in [2.75, 3.05) is 0 Å². The van der Waals surface area contributed by atoms with Crippen molar-refractivity contribution < 1.29 is 14.3 Å². The van der Waals surface area contributed by atoms with E-state index in [4.69, 9.17) is 9.47 Å². The average Bonchev–Trinajstić information content (AvgIpc) is 2.77. The van der Waals surface area contributed by atoms with Crippen molar-refractivity contribution in [3.63, 3.8) is 0 Å². The van der Waals surface area contributed by atoms with Gasteiger partial charge >= 0.3 is 5.97 Å². The van der Waals surface area contributed by atoms with Gasteiger partial charge in [0.2, 0.25) is 0 Å². The smallest absolute Gasteiger partial charge is 0.349 e. The Hall–Kier alpha value is -2.82. The van der Waals surface area contributed by atoms with Crippen molar-refractivity contribution in [3.05, 3.63) is 63.1 Å². The number of pyridine rings is 1. The third-order valence-corrected chi connectivity index (χ3v) is 3.41. The Morgan fingerprint density at radius 2 is 1.96 bits per heavy atom. The lowest BCUT2D eigenvalue weighted by Crippen LogP contribution is -2.16. The highest BCUT2D eigenvalue weighted by Gasteiger charge is 2.30. The van der Waals surface area contributed by atoms with E-state index in [0.717, 1.165) is 5.56 Å². The third kappa shape index (κ3) is 2.90. The number of benzene rings is 1. The number of ether oxygens (including phenoxy) is 2. The summed E-state index contributed by atoms with van der Waals surface area (Å²) in [4.78, 5) is 26.5. The second-order valence-corrected chi connectivity index (χ2v) is 5.67. The standard InChI is InChI=1S/C18H17NO4/c1-10(2)22-14-7-5-4-6-12(14)9-15-13-8-11(3)19-17(20)16(13)18(21)23-15/h4-10H,1-3H3,(H,19,20). The van der Waals surface area contributed by atoms with Gasteiger partial charge in [-0.3, -0.25) is 4.79 Å². The normalized spacial score (nSPS) is 15.0. The van der Waals surface area contributed by atoms with Gasteiger partial charge in [-0.1, -0.05) is 18.2 Å². The SMILES string of the molecule is Cc1cc2c(c(=O)[nH]1)C(=O)OC2=Cc1ccccc1OC(C)C. The minimum Gasteiger partial charge on any atom is -0.490 e. The van der Waals surface area contributed by atoms with Gasteiger partial charge in [0, 0.05) is 16.8 Å². The second-order valence-electron chi connectivity index (χ2n) is 5.67. The molecule has 1 aliphatic heterocycles. The maximum atomic E-state index is 11.9. The molecule has 23 heavy (non-hydrogen) atoms. The van der Waals surface area contributed by atoms with E-state index in [0.29, 0.717) is 22.8 Å². The van der Waals surface area contributed by atoms with Crippen LogP contribution in [0.5, 0.6) is 5.75 Å². The molecular formula is C18H17NO4. The lowest BCUT2D eigenvalue weighted by Gasteiger charge is -2.12. The first-order valence-corrected chi connectivity index (χ1v) is 7.39. The molecule has 2 heterocycles. The minimum absolute atomic E-state index is 0.0260. The van der Waals surface area contributed by atoms with Gasteiger partial charge in [-0.2, -0.15) is 0 Å². The largest absolute Gasteiger partial charge is 0.490 e. The molecular weight excluding hydrogens is 294 g/mol. The van der Waals surface area contributed by atoms with E-state index >= 15 is 0 Å². The lowest BCUT2D eigenvalue weighted by atomic mass is 10.1. The van der Waals surface area contributed by atoms with Gasteiger partial charge in [0.05, 0.1) is 6.10 Å². The molecule has 0 bridgehead atoms. The van der Waals surface area contributed by atoms with E-state index in [1.54, 1.807) is 19.1 Å². The van der Waals surface area contributed by atoms with Crippen LogP contribution in [0, 0.1) is 6.92 Å². The Morgan fingerprint density at radius 1 is 1.22 bits per heavy atom. The van der Waals surface area contributed by atoms with Crippen molar-refractivity contribution in [1.82, 2.24) is 4.98 Å². The molecule has 1 N–H and O–H groups in total. The molecule has 1 aliphatic rings. The summed E-state index contributed by atoms with van der Waals surface area (Å²) in [5, 5.41) is 0. The maximum Gasteiger partial charge on any atom is 0.349 e. The predicted molar refractivity (Wildman–Crippen MR) is 87.3 cm³/mol. The molecule has 0 unspecified atom stereocenters. The highest BCUT2D eigenvalue weighted by molar-refractivity contribution is 6.05. The van der Waals surface area contributed by atoms with Crippen LogP contribution in [0.15, 0.2) is 35.1 Å². The summed E-state index contributed by atoms with van der Waals surface area (Å²) in [6.07, 6.45) is 1.75.